The number of methoxy groups -OCH3 is 1. The van der Waals surface area contributed by atoms with Crippen LogP contribution in [0.1, 0.15) is 75.6 Å². The summed E-state index contributed by atoms with van der Waals surface area (Å²) in [6.07, 6.45) is 6.53. The topological polar surface area (TPSA) is 82.5 Å². The van der Waals surface area contributed by atoms with Crippen molar-refractivity contribution < 1.29 is 24.5 Å². The van der Waals surface area contributed by atoms with Gasteiger partial charge in [0.15, 0.2) is 23.4 Å². The highest BCUT2D eigenvalue weighted by atomic mass is 16.5. The van der Waals surface area contributed by atoms with Crippen molar-refractivity contribution in [1.82, 2.24) is 9.80 Å². The van der Waals surface area contributed by atoms with Gasteiger partial charge in [-0.15, -0.1) is 0 Å². The third-order valence-corrected chi connectivity index (χ3v) is 12.6. The maximum atomic E-state index is 12.7. The summed E-state index contributed by atoms with van der Waals surface area (Å²) in [5, 5.41) is 21.6. The van der Waals surface area contributed by atoms with Crippen LogP contribution in [0.25, 0.3) is 0 Å². The van der Waals surface area contributed by atoms with E-state index in [4.69, 9.17) is 9.47 Å². The van der Waals surface area contributed by atoms with Gasteiger partial charge in [-0.3, -0.25) is 9.69 Å². The monoisotopic (exact) mass is 600 g/mol. The summed E-state index contributed by atoms with van der Waals surface area (Å²) < 4.78 is 11.6. The molecular formula is C37H48N2O5. The molecule has 1 saturated carbocycles. The molecule has 1 spiro atoms. The summed E-state index contributed by atoms with van der Waals surface area (Å²) in [6, 6.07) is 10.6. The van der Waals surface area contributed by atoms with Crippen LogP contribution >= 0.6 is 0 Å². The number of ether oxygens (including phenoxy) is 2. The maximum absolute atomic E-state index is 12.7. The van der Waals surface area contributed by atoms with E-state index < -0.39 is 17.1 Å². The van der Waals surface area contributed by atoms with Gasteiger partial charge in [0.1, 0.15) is 5.75 Å². The zero-order valence-electron chi connectivity index (χ0n) is 27.2. The molecule has 7 heteroatoms. The fraction of sp³-hybridized carbons (Fsp3) is 0.595. The number of carbonyl (C=O) groups excluding carboxylic acids is 1. The molecule has 3 aliphatic heterocycles. The molecule has 4 bridgehead atoms. The van der Waals surface area contributed by atoms with Crippen LogP contribution < -0.4 is 9.47 Å². The van der Waals surface area contributed by atoms with Crippen LogP contribution in [0.4, 0.5) is 0 Å². The van der Waals surface area contributed by atoms with Gasteiger partial charge in [0.05, 0.1) is 18.1 Å². The number of aromatic hydroxyl groups is 1. The van der Waals surface area contributed by atoms with Gasteiger partial charge in [0, 0.05) is 30.6 Å². The van der Waals surface area contributed by atoms with E-state index >= 15 is 0 Å². The largest absolute Gasteiger partial charge is 0.508 e. The molecule has 8 rings (SSSR count). The number of likely N-dealkylation sites (N-methyl/N-ethyl adjacent to an activating group) is 1. The Morgan fingerprint density at radius 3 is 2.64 bits per heavy atom. The highest BCUT2D eigenvalue weighted by molar-refractivity contribution is 5.90. The molecule has 2 N–H and O–H groups in total. The Morgan fingerprint density at radius 1 is 1.11 bits per heavy atom. The van der Waals surface area contributed by atoms with E-state index in [9.17, 15) is 15.0 Å². The van der Waals surface area contributed by atoms with Crippen LogP contribution in [0, 0.1) is 5.92 Å². The van der Waals surface area contributed by atoms with Crippen molar-refractivity contribution in [1.29, 1.82) is 0 Å². The number of hydrogen-bond donors (Lipinski definition) is 2. The van der Waals surface area contributed by atoms with Crippen LogP contribution in [-0.2, 0) is 28.5 Å². The van der Waals surface area contributed by atoms with Crippen LogP contribution in [0.15, 0.2) is 42.0 Å². The molecule has 2 aromatic carbocycles. The number of allylic oxidation sites excluding steroid dienone is 1. The number of fused-ring (bicyclic) bond motifs is 4. The van der Waals surface area contributed by atoms with Crippen molar-refractivity contribution in [3.05, 3.63) is 64.2 Å². The molecule has 0 radical (unpaired) electrons. The first kappa shape index (κ1) is 29.8. The summed E-state index contributed by atoms with van der Waals surface area (Å²) in [7, 11) is 3.70. The zero-order chi connectivity index (χ0) is 31.2. The lowest BCUT2D eigenvalue weighted by Crippen LogP contribution is -2.76. The molecule has 44 heavy (non-hydrogen) atoms. The smallest absolute Gasteiger partial charge is 0.174 e. The first-order valence-corrected chi connectivity index (χ1v) is 16.5. The number of piperidine rings is 2. The molecule has 7 atom stereocenters. The van der Waals surface area contributed by atoms with E-state index in [1.807, 2.05) is 18.2 Å². The van der Waals surface area contributed by atoms with Crippen molar-refractivity contribution in [2.24, 2.45) is 5.92 Å². The fourth-order valence-corrected chi connectivity index (χ4v) is 9.91. The average molecular weight is 601 g/mol. The Balaban J connectivity index is 0.000000143. The summed E-state index contributed by atoms with van der Waals surface area (Å²) in [5.74, 6) is 2.51. The highest BCUT2D eigenvalue weighted by Crippen LogP contribution is 2.64. The number of hydrogen-bond acceptors (Lipinski definition) is 7. The van der Waals surface area contributed by atoms with E-state index in [1.165, 1.54) is 28.7 Å². The van der Waals surface area contributed by atoms with Crippen LogP contribution in [0.5, 0.6) is 17.2 Å². The second-order valence-corrected chi connectivity index (χ2v) is 14.8. The summed E-state index contributed by atoms with van der Waals surface area (Å²) in [4.78, 5) is 17.6. The minimum atomic E-state index is -0.900. The number of phenols is 1. The normalized spacial score (nSPS) is 36.3. The summed E-state index contributed by atoms with van der Waals surface area (Å²) in [5.41, 5.74) is 5.16. The number of phenolic OH excluding ortho intramolecular Hbond substituents is 1. The lowest BCUT2D eigenvalue weighted by atomic mass is 9.49. The van der Waals surface area contributed by atoms with E-state index in [0.717, 1.165) is 44.5 Å². The molecule has 7 nitrogen and oxygen atoms in total. The Bertz CT molecular complexity index is 1530. The Morgan fingerprint density at radius 2 is 1.89 bits per heavy atom. The number of Topliss-reactive ketones (excluding diaryl/α,β-unsaturated/α-hetero) is 1. The molecule has 2 aromatic rings. The van der Waals surface area contributed by atoms with Gasteiger partial charge in [0.25, 0.3) is 0 Å². The SMILES string of the molecule is CC(C)=CCN1CCC2(C)c3cc(O)ccc3CC1C2C.COc1ccc2c3c1O[C@H]1C(=O)CC[C@@]4(O)[C@@H](C2)N(C)CC[C@]314. The molecule has 6 aliphatic rings. The van der Waals surface area contributed by atoms with E-state index in [0.29, 0.717) is 42.0 Å². The van der Waals surface area contributed by atoms with Gasteiger partial charge in [-0.25, -0.2) is 0 Å². The summed E-state index contributed by atoms with van der Waals surface area (Å²) >= 11 is 0. The maximum Gasteiger partial charge on any atom is 0.174 e. The fourth-order valence-electron chi connectivity index (χ4n) is 9.91. The van der Waals surface area contributed by atoms with E-state index in [1.54, 1.807) is 7.11 Å². The number of aliphatic hydroxyl groups is 1. The molecule has 3 heterocycles. The Hall–Kier alpha value is -2.87. The van der Waals surface area contributed by atoms with Gasteiger partial charge < -0.3 is 24.6 Å². The number of likely N-dealkylation sites (tertiary alicyclic amines) is 2. The van der Waals surface area contributed by atoms with Gasteiger partial charge in [-0.2, -0.15) is 0 Å². The average Bonchev–Trinajstić information content (AvgIpc) is 3.35. The highest BCUT2D eigenvalue weighted by Gasteiger charge is 2.72. The number of carbonyl (C=O) groups is 1. The van der Waals surface area contributed by atoms with E-state index in [-0.39, 0.29) is 17.2 Å². The molecule has 0 amide bonds. The standard InChI is InChI=1S/C19H27NO.C18H21NO4/c1-13(2)7-9-20-10-8-19(4)14(3)18(20)11-15-5-6-16(21)12-17(15)19;1-19-8-7-17-14-10-3-4-12(22-2)15(14)23-16(17)11(20)5-6-18(17,21)13(19)9-10/h5-7,12,14,18,21H,8-11H2,1-4H3;3-4,13,16,21H,5-9H2,1-2H3/t;13-,16+,17+,18-/m.1/s1. The predicted molar refractivity (Wildman–Crippen MR) is 171 cm³/mol. The minimum Gasteiger partial charge on any atom is -0.508 e. The molecule has 3 unspecified atom stereocenters. The Kier molecular flexibility index (Phi) is 7.00. The third kappa shape index (κ3) is 4.01. The lowest BCUT2D eigenvalue weighted by molar-refractivity contribution is -0.185. The molecule has 236 valence electrons. The Labute approximate surface area is 261 Å². The predicted octanol–water partition coefficient (Wildman–Crippen LogP) is 4.93. The summed E-state index contributed by atoms with van der Waals surface area (Å²) in [6.45, 7) is 12.2. The van der Waals surface area contributed by atoms with Crippen molar-refractivity contribution in [2.75, 3.05) is 33.8 Å². The van der Waals surface area contributed by atoms with Gasteiger partial charge in [-0.05, 0) is 112 Å². The molecule has 2 saturated heterocycles. The number of rotatable bonds is 3. The van der Waals surface area contributed by atoms with Crippen LogP contribution in [0.2, 0.25) is 0 Å². The number of benzene rings is 2. The minimum absolute atomic E-state index is 0.0438. The molecular weight excluding hydrogens is 552 g/mol. The zero-order valence-corrected chi connectivity index (χ0v) is 27.2. The first-order chi connectivity index (χ1) is 20.9. The van der Waals surface area contributed by atoms with Crippen molar-refractivity contribution >= 4 is 5.78 Å². The van der Waals surface area contributed by atoms with Crippen molar-refractivity contribution in [3.63, 3.8) is 0 Å². The number of ketones is 1. The first-order valence-electron chi connectivity index (χ1n) is 16.5. The second kappa shape index (κ2) is 10.3. The second-order valence-electron chi connectivity index (χ2n) is 14.8. The van der Waals surface area contributed by atoms with Crippen LogP contribution in [0.3, 0.4) is 0 Å². The lowest BCUT2D eigenvalue weighted by Gasteiger charge is -2.62. The molecule has 0 aromatic heterocycles. The molecule has 3 fully saturated rings. The van der Waals surface area contributed by atoms with E-state index in [2.05, 4.69) is 62.8 Å². The third-order valence-electron chi connectivity index (χ3n) is 12.6. The van der Waals surface area contributed by atoms with Crippen molar-refractivity contribution in [3.8, 4) is 17.2 Å². The quantitative estimate of drug-likeness (QED) is 0.484. The molecule has 3 aliphatic carbocycles. The van der Waals surface area contributed by atoms with Crippen molar-refractivity contribution in [2.45, 2.75) is 101 Å². The van der Waals surface area contributed by atoms with Gasteiger partial charge >= 0.3 is 0 Å². The van der Waals surface area contributed by atoms with Crippen LogP contribution in [-0.4, -0.2) is 83.4 Å². The van der Waals surface area contributed by atoms with Gasteiger partial charge in [-0.1, -0.05) is 37.6 Å². The van der Waals surface area contributed by atoms with Gasteiger partial charge in [0.2, 0.25) is 0 Å². The number of nitrogens with zero attached hydrogens (tertiary/aromatic N) is 2.